The van der Waals surface area contributed by atoms with Gasteiger partial charge in [-0.05, 0) is 30.7 Å². The van der Waals surface area contributed by atoms with Gasteiger partial charge < -0.3 is 4.57 Å². The Bertz CT molecular complexity index is 766. The molecule has 1 aliphatic heterocycles. The van der Waals surface area contributed by atoms with Gasteiger partial charge in [0, 0.05) is 42.5 Å². The molecule has 0 saturated carbocycles. The number of thiazole rings is 1. The topological polar surface area (TPSA) is 34.0 Å². The van der Waals surface area contributed by atoms with Crippen LogP contribution in [0.1, 0.15) is 17.5 Å². The summed E-state index contributed by atoms with van der Waals surface area (Å²) in [5.41, 5.74) is 1.84. The van der Waals surface area contributed by atoms with Crippen molar-refractivity contribution in [3.05, 3.63) is 59.2 Å². The first-order valence-corrected chi connectivity index (χ1v) is 8.56. The Hall–Kier alpha value is -2.05. The molecule has 4 nitrogen and oxygen atoms in total. The summed E-state index contributed by atoms with van der Waals surface area (Å²) in [5.74, 6) is -0.221. The normalized spacial score (nSPS) is 18.6. The number of hydrogen-bond donors (Lipinski definition) is 0. The van der Waals surface area contributed by atoms with E-state index in [4.69, 9.17) is 0 Å². The van der Waals surface area contributed by atoms with E-state index < -0.39 is 0 Å². The maximum Gasteiger partial charge on any atom is 0.123 e. The summed E-state index contributed by atoms with van der Waals surface area (Å²) in [5, 5.41) is 3.19. The van der Waals surface area contributed by atoms with E-state index in [-0.39, 0.29) is 5.82 Å². The molecular weight excluding hydrogens is 311 g/mol. The lowest BCUT2D eigenvalue weighted by molar-refractivity contribution is 0.315. The highest BCUT2D eigenvalue weighted by atomic mass is 32.1. The van der Waals surface area contributed by atoms with Crippen molar-refractivity contribution in [3.63, 3.8) is 0 Å². The SMILES string of the molecule is Fc1ccc(-c2cn(C3CCN(Cc4nccs4)C3)cn2)cc1. The van der Waals surface area contributed by atoms with E-state index in [2.05, 4.69) is 25.6 Å². The molecule has 1 aromatic carbocycles. The predicted octanol–water partition coefficient (Wildman–Crippen LogP) is 3.59. The summed E-state index contributed by atoms with van der Waals surface area (Å²) in [7, 11) is 0. The molecule has 0 aliphatic carbocycles. The standard InChI is InChI=1S/C17H17FN4S/c18-14-3-1-13(2-4-14)16-10-22(12-20-16)15-5-7-21(9-15)11-17-19-6-8-23-17/h1-4,6,8,10,12,15H,5,7,9,11H2. The van der Waals surface area contributed by atoms with Crippen LogP contribution in [0.3, 0.4) is 0 Å². The van der Waals surface area contributed by atoms with Crippen molar-refractivity contribution in [2.24, 2.45) is 0 Å². The molecule has 6 heteroatoms. The third-order valence-corrected chi connectivity index (χ3v) is 5.02. The quantitative estimate of drug-likeness (QED) is 0.734. The molecule has 23 heavy (non-hydrogen) atoms. The van der Waals surface area contributed by atoms with Gasteiger partial charge in [-0.1, -0.05) is 0 Å². The third-order valence-electron chi connectivity index (χ3n) is 4.25. The molecule has 0 spiro atoms. The molecule has 3 heterocycles. The van der Waals surface area contributed by atoms with Crippen LogP contribution in [0.4, 0.5) is 4.39 Å². The van der Waals surface area contributed by atoms with E-state index in [9.17, 15) is 4.39 Å². The monoisotopic (exact) mass is 328 g/mol. The number of hydrogen-bond acceptors (Lipinski definition) is 4. The zero-order valence-electron chi connectivity index (χ0n) is 12.6. The third kappa shape index (κ3) is 3.18. The highest BCUT2D eigenvalue weighted by molar-refractivity contribution is 7.09. The number of rotatable bonds is 4. The Morgan fingerprint density at radius 1 is 1.22 bits per heavy atom. The van der Waals surface area contributed by atoms with Crippen LogP contribution in [0.5, 0.6) is 0 Å². The second kappa shape index (κ2) is 6.22. The highest BCUT2D eigenvalue weighted by Gasteiger charge is 2.24. The van der Waals surface area contributed by atoms with E-state index in [0.29, 0.717) is 6.04 Å². The van der Waals surface area contributed by atoms with Crippen LogP contribution in [0.15, 0.2) is 48.4 Å². The van der Waals surface area contributed by atoms with Gasteiger partial charge in [0.05, 0.1) is 18.6 Å². The van der Waals surface area contributed by atoms with Crippen LogP contribution in [0.25, 0.3) is 11.3 Å². The maximum atomic E-state index is 13.0. The number of aromatic nitrogens is 3. The maximum absolute atomic E-state index is 13.0. The first-order chi connectivity index (χ1) is 11.3. The molecule has 0 amide bonds. The molecule has 3 aromatic rings. The van der Waals surface area contributed by atoms with E-state index in [1.165, 1.54) is 17.1 Å². The number of halogens is 1. The molecule has 0 N–H and O–H groups in total. The average molecular weight is 328 g/mol. The Morgan fingerprint density at radius 3 is 2.87 bits per heavy atom. The fourth-order valence-electron chi connectivity index (χ4n) is 3.03. The van der Waals surface area contributed by atoms with Crippen molar-refractivity contribution in [1.82, 2.24) is 19.4 Å². The number of benzene rings is 1. The molecule has 1 aliphatic rings. The predicted molar refractivity (Wildman–Crippen MR) is 88.7 cm³/mol. The highest BCUT2D eigenvalue weighted by Crippen LogP contribution is 2.26. The number of nitrogens with zero attached hydrogens (tertiary/aromatic N) is 4. The summed E-state index contributed by atoms with van der Waals surface area (Å²) in [6.07, 6.45) is 6.92. The lowest BCUT2D eigenvalue weighted by atomic mass is 10.2. The lowest BCUT2D eigenvalue weighted by Gasteiger charge is -2.14. The van der Waals surface area contributed by atoms with E-state index in [1.807, 2.05) is 17.9 Å². The zero-order valence-corrected chi connectivity index (χ0v) is 13.4. The molecule has 1 unspecified atom stereocenters. The summed E-state index contributed by atoms with van der Waals surface area (Å²) < 4.78 is 15.2. The number of likely N-dealkylation sites (tertiary alicyclic amines) is 1. The smallest absolute Gasteiger partial charge is 0.123 e. The minimum atomic E-state index is -0.221. The Balaban J connectivity index is 1.44. The van der Waals surface area contributed by atoms with Crippen LogP contribution in [-0.4, -0.2) is 32.5 Å². The summed E-state index contributed by atoms with van der Waals surface area (Å²) in [6.45, 7) is 3.01. The molecule has 1 saturated heterocycles. The van der Waals surface area contributed by atoms with Crippen LogP contribution in [0.2, 0.25) is 0 Å². The molecule has 4 rings (SSSR count). The molecule has 118 valence electrons. The lowest BCUT2D eigenvalue weighted by Crippen LogP contribution is -2.20. The fraction of sp³-hybridized carbons (Fsp3) is 0.294. The van der Waals surface area contributed by atoms with E-state index >= 15 is 0 Å². The summed E-state index contributed by atoms with van der Waals surface area (Å²) >= 11 is 1.71. The molecule has 1 fully saturated rings. The Kier molecular flexibility index (Phi) is 3.93. The van der Waals surface area contributed by atoms with Gasteiger partial charge in [0.1, 0.15) is 10.8 Å². The van der Waals surface area contributed by atoms with Gasteiger partial charge in [-0.3, -0.25) is 4.90 Å². The summed E-state index contributed by atoms with van der Waals surface area (Å²) in [6, 6.07) is 6.92. The van der Waals surface area contributed by atoms with Gasteiger partial charge in [-0.15, -0.1) is 11.3 Å². The minimum Gasteiger partial charge on any atom is -0.332 e. The Labute approximate surface area is 138 Å². The van der Waals surface area contributed by atoms with Gasteiger partial charge in [-0.25, -0.2) is 14.4 Å². The van der Waals surface area contributed by atoms with E-state index in [0.717, 1.165) is 37.3 Å². The van der Waals surface area contributed by atoms with Gasteiger partial charge >= 0.3 is 0 Å². The molecule has 1 atom stereocenters. The Morgan fingerprint density at radius 2 is 2.09 bits per heavy atom. The first-order valence-electron chi connectivity index (χ1n) is 7.68. The van der Waals surface area contributed by atoms with Crippen LogP contribution in [-0.2, 0) is 6.54 Å². The van der Waals surface area contributed by atoms with Gasteiger partial charge in [0.25, 0.3) is 0 Å². The van der Waals surface area contributed by atoms with Crippen molar-refractivity contribution in [2.45, 2.75) is 19.0 Å². The average Bonchev–Trinajstić information content (AvgIpc) is 3.29. The molecule has 0 bridgehead atoms. The van der Waals surface area contributed by atoms with Crippen molar-refractivity contribution < 1.29 is 4.39 Å². The van der Waals surface area contributed by atoms with Crippen LogP contribution < -0.4 is 0 Å². The van der Waals surface area contributed by atoms with Crippen molar-refractivity contribution >= 4 is 11.3 Å². The molecule has 2 aromatic heterocycles. The molecular formula is C17H17FN4S. The molecule has 0 radical (unpaired) electrons. The van der Waals surface area contributed by atoms with Gasteiger partial charge in [0.2, 0.25) is 0 Å². The second-order valence-corrected chi connectivity index (χ2v) is 6.80. The van der Waals surface area contributed by atoms with Crippen LogP contribution in [0, 0.1) is 5.82 Å². The van der Waals surface area contributed by atoms with Crippen LogP contribution >= 0.6 is 11.3 Å². The van der Waals surface area contributed by atoms with E-state index in [1.54, 1.807) is 23.5 Å². The second-order valence-electron chi connectivity index (χ2n) is 5.82. The van der Waals surface area contributed by atoms with Crippen molar-refractivity contribution in [2.75, 3.05) is 13.1 Å². The van der Waals surface area contributed by atoms with Crippen molar-refractivity contribution in [1.29, 1.82) is 0 Å². The fourth-order valence-corrected chi connectivity index (χ4v) is 3.69. The van der Waals surface area contributed by atoms with Gasteiger partial charge in [-0.2, -0.15) is 0 Å². The first kappa shape index (κ1) is 14.5. The largest absolute Gasteiger partial charge is 0.332 e. The van der Waals surface area contributed by atoms with Crippen molar-refractivity contribution in [3.8, 4) is 11.3 Å². The summed E-state index contributed by atoms with van der Waals surface area (Å²) in [4.78, 5) is 11.3. The number of imidazole rings is 1. The minimum absolute atomic E-state index is 0.221. The van der Waals surface area contributed by atoms with Gasteiger partial charge in [0.15, 0.2) is 0 Å². The zero-order chi connectivity index (χ0) is 15.6.